The topological polar surface area (TPSA) is 116 Å². The van der Waals surface area contributed by atoms with Gasteiger partial charge in [0.2, 0.25) is 5.95 Å². The molecule has 21 heavy (non-hydrogen) atoms. The molecule has 0 saturated carbocycles. The van der Waals surface area contributed by atoms with Crippen molar-refractivity contribution < 1.29 is 9.59 Å². The Balaban J connectivity index is 1.63. The van der Waals surface area contributed by atoms with Crippen LogP contribution in [0, 0.1) is 0 Å². The predicted molar refractivity (Wildman–Crippen MR) is 75.8 cm³/mol. The van der Waals surface area contributed by atoms with Gasteiger partial charge in [0.1, 0.15) is 6.33 Å². The van der Waals surface area contributed by atoms with E-state index in [1.54, 1.807) is 0 Å². The number of aromatic amines is 1. The Labute approximate surface area is 123 Å². The number of amides is 2. The van der Waals surface area contributed by atoms with Crippen LogP contribution in [0.15, 0.2) is 6.33 Å². The summed E-state index contributed by atoms with van der Waals surface area (Å²) in [6.07, 6.45) is 2.08. The summed E-state index contributed by atoms with van der Waals surface area (Å²) in [5, 5.41) is 11.3. The number of aromatic nitrogens is 4. The van der Waals surface area contributed by atoms with E-state index in [4.69, 9.17) is 0 Å². The van der Waals surface area contributed by atoms with Gasteiger partial charge in [0.15, 0.2) is 5.13 Å². The largest absolute Gasteiger partial charge is 0.316 e. The van der Waals surface area contributed by atoms with Gasteiger partial charge in [-0.25, -0.2) is 10.1 Å². The Morgan fingerprint density at radius 2 is 2.19 bits per heavy atom. The highest BCUT2D eigenvalue weighted by atomic mass is 32.1. The molecule has 3 rings (SSSR count). The molecule has 2 aromatic heterocycles. The molecule has 0 unspecified atom stereocenters. The third-order valence-electron chi connectivity index (χ3n) is 3.00. The molecule has 0 atom stereocenters. The summed E-state index contributed by atoms with van der Waals surface area (Å²) in [5.41, 5.74) is 0.990. The molecule has 1 aliphatic heterocycles. The number of fused-ring (bicyclic) bond motifs is 1. The van der Waals surface area contributed by atoms with Crippen LogP contribution in [0.3, 0.4) is 0 Å². The first-order chi connectivity index (χ1) is 10.1. The number of rotatable bonds is 2. The van der Waals surface area contributed by atoms with Gasteiger partial charge in [-0.1, -0.05) is 0 Å². The van der Waals surface area contributed by atoms with E-state index >= 15 is 0 Å². The van der Waals surface area contributed by atoms with Crippen molar-refractivity contribution in [3.05, 3.63) is 16.9 Å². The quantitative estimate of drug-likeness (QED) is 0.663. The normalized spacial score (nSPS) is 14.5. The molecule has 0 aliphatic carbocycles. The highest BCUT2D eigenvalue weighted by Crippen LogP contribution is 2.27. The van der Waals surface area contributed by atoms with Gasteiger partial charge in [-0.2, -0.15) is 10.1 Å². The van der Waals surface area contributed by atoms with Crippen LogP contribution >= 0.6 is 11.3 Å². The monoisotopic (exact) mass is 307 g/mol. The zero-order valence-electron chi connectivity index (χ0n) is 11.2. The Morgan fingerprint density at radius 1 is 1.38 bits per heavy atom. The lowest BCUT2D eigenvalue weighted by Gasteiger charge is -2.20. The number of thiazole rings is 1. The van der Waals surface area contributed by atoms with Crippen molar-refractivity contribution in [2.75, 3.05) is 24.2 Å². The van der Waals surface area contributed by atoms with Gasteiger partial charge in [0.05, 0.1) is 5.69 Å². The Kier molecular flexibility index (Phi) is 3.62. The Bertz CT molecular complexity index is 666. The van der Waals surface area contributed by atoms with Crippen LogP contribution in [-0.4, -0.2) is 50.5 Å². The third kappa shape index (κ3) is 3.06. The van der Waals surface area contributed by atoms with Gasteiger partial charge in [0, 0.05) is 24.4 Å². The summed E-state index contributed by atoms with van der Waals surface area (Å²) >= 11 is 1.39. The molecule has 3 N–H and O–H groups in total. The van der Waals surface area contributed by atoms with Gasteiger partial charge in [-0.05, 0) is 7.05 Å². The first-order valence-electron chi connectivity index (χ1n) is 6.26. The molecular weight excluding hydrogens is 294 g/mol. The fourth-order valence-corrected chi connectivity index (χ4v) is 3.04. The Morgan fingerprint density at radius 3 is 2.95 bits per heavy atom. The van der Waals surface area contributed by atoms with Crippen LogP contribution in [0.1, 0.15) is 10.6 Å². The molecule has 0 bridgehead atoms. The van der Waals surface area contributed by atoms with Crippen molar-refractivity contribution in [2.24, 2.45) is 0 Å². The molecule has 2 aromatic rings. The van der Waals surface area contributed by atoms with Crippen molar-refractivity contribution in [1.29, 1.82) is 0 Å². The second-order valence-corrected chi connectivity index (χ2v) is 5.70. The fourth-order valence-electron chi connectivity index (χ4n) is 1.96. The molecule has 3 heterocycles. The predicted octanol–water partition coefficient (Wildman–Crippen LogP) is -0.174. The van der Waals surface area contributed by atoms with E-state index in [0.29, 0.717) is 5.13 Å². The highest BCUT2D eigenvalue weighted by Gasteiger charge is 2.21. The zero-order chi connectivity index (χ0) is 14.8. The molecule has 0 saturated heterocycles. The van der Waals surface area contributed by atoms with E-state index in [0.717, 1.165) is 30.1 Å². The molecule has 10 heteroatoms. The van der Waals surface area contributed by atoms with E-state index < -0.39 is 11.8 Å². The molecule has 0 spiro atoms. The second-order valence-electron chi connectivity index (χ2n) is 4.62. The lowest BCUT2D eigenvalue weighted by Crippen LogP contribution is -2.29. The number of nitrogens with zero attached hydrogens (tertiary/aromatic N) is 4. The van der Waals surface area contributed by atoms with Crippen LogP contribution in [0.2, 0.25) is 0 Å². The van der Waals surface area contributed by atoms with Crippen LogP contribution in [0.4, 0.5) is 11.1 Å². The fraction of sp³-hybridized carbons (Fsp3) is 0.364. The lowest BCUT2D eigenvalue weighted by molar-refractivity contribution is -0.133. The van der Waals surface area contributed by atoms with Gasteiger partial charge in [0.25, 0.3) is 0 Å². The average molecular weight is 307 g/mol. The number of hydrogen-bond donors (Lipinski definition) is 3. The first kappa shape index (κ1) is 13.6. The standard InChI is InChI=1S/C11H13N7O2S/c1-18-3-2-6-7(4-18)21-11(14-6)16-9(20)8(19)15-10-12-5-13-17-10/h5H,2-4H2,1H3,(H,14,16,20)(H2,12,13,15,17,19). The number of nitrogens with one attached hydrogen (secondary N) is 3. The molecule has 0 fully saturated rings. The minimum Gasteiger partial charge on any atom is -0.301 e. The lowest BCUT2D eigenvalue weighted by atomic mass is 10.2. The van der Waals surface area contributed by atoms with Crippen molar-refractivity contribution in [2.45, 2.75) is 13.0 Å². The number of likely N-dealkylation sites (N-methyl/N-ethyl adjacent to an activating group) is 1. The number of carbonyl (C=O) groups is 2. The van der Waals surface area contributed by atoms with E-state index in [1.807, 2.05) is 7.05 Å². The van der Waals surface area contributed by atoms with E-state index in [9.17, 15) is 9.59 Å². The SMILES string of the molecule is CN1CCc2nc(NC(=O)C(=O)Nc3ncn[nH]3)sc2C1. The van der Waals surface area contributed by atoms with Gasteiger partial charge < -0.3 is 4.90 Å². The maximum absolute atomic E-state index is 11.8. The number of anilines is 2. The maximum atomic E-state index is 11.8. The number of H-pyrrole nitrogens is 1. The van der Waals surface area contributed by atoms with E-state index in [2.05, 4.69) is 35.7 Å². The molecule has 0 aromatic carbocycles. The minimum absolute atomic E-state index is 0.121. The highest BCUT2D eigenvalue weighted by molar-refractivity contribution is 7.16. The smallest absolute Gasteiger partial charge is 0.301 e. The maximum Gasteiger partial charge on any atom is 0.316 e. The minimum atomic E-state index is -0.822. The molecule has 1 aliphatic rings. The summed E-state index contributed by atoms with van der Waals surface area (Å²) < 4.78 is 0. The van der Waals surface area contributed by atoms with Gasteiger partial charge in [-0.15, -0.1) is 11.3 Å². The van der Waals surface area contributed by atoms with Crippen LogP contribution in [-0.2, 0) is 22.6 Å². The van der Waals surface area contributed by atoms with Crippen LogP contribution in [0.5, 0.6) is 0 Å². The van der Waals surface area contributed by atoms with Crippen molar-refractivity contribution in [3.63, 3.8) is 0 Å². The second kappa shape index (κ2) is 5.58. The van der Waals surface area contributed by atoms with Gasteiger partial charge in [-0.3, -0.25) is 20.2 Å². The van der Waals surface area contributed by atoms with Crippen LogP contribution in [0.25, 0.3) is 0 Å². The molecule has 0 radical (unpaired) electrons. The number of carbonyl (C=O) groups excluding carboxylic acids is 2. The summed E-state index contributed by atoms with van der Waals surface area (Å²) in [7, 11) is 2.03. The third-order valence-corrected chi connectivity index (χ3v) is 3.99. The summed E-state index contributed by atoms with van der Waals surface area (Å²) in [6.45, 7) is 1.75. The number of hydrogen-bond acceptors (Lipinski definition) is 7. The Hall–Kier alpha value is -2.33. The summed E-state index contributed by atoms with van der Waals surface area (Å²) in [6, 6.07) is 0. The van der Waals surface area contributed by atoms with Crippen molar-refractivity contribution >= 4 is 34.2 Å². The summed E-state index contributed by atoms with van der Waals surface area (Å²) in [5.74, 6) is -1.49. The van der Waals surface area contributed by atoms with E-state index in [1.165, 1.54) is 17.7 Å². The molecule has 110 valence electrons. The zero-order valence-corrected chi connectivity index (χ0v) is 12.0. The van der Waals surface area contributed by atoms with E-state index in [-0.39, 0.29) is 5.95 Å². The van der Waals surface area contributed by atoms with Crippen molar-refractivity contribution in [1.82, 2.24) is 25.1 Å². The molecule has 2 amide bonds. The van der Waals surface area contributed by atoms with Crippen LogP contribution < -0.4 is 10.6 Å². The summed E-state index contributed by atoms with van der Waals surface area (Å²) in [4.78, 5) is 34.8. The van der Waals surface area contributed by atoms with Gasteiger partial charge >= 0.3 is 11.8 Å². The molecular formula is C11H13N7O2S. The molecule has 9 nitrogen and oxygen atoms in total. The van der Waals surface area contributed by atoms with Crippen molar-refractivity contribution in [3.8, 4) is 0 Å². The first-order valence-corrected chi connectivity index (χ1v) is 7.08. The average Bonchev–Trinajstić information content (AvgIpc) is 3.07.